The minimum absolute atomic E-state index is 0.271. The van der Waals surface area contributed by atoms with Gasteiger partial charge in [-0.3, -0.25) is 10.1 Å². The van der Waals surface area contributed by atoms with Crippen LogP contribution in [-0.2, 0) is 9.84 Å². The molecule has 1 heterocycles. The second-order valence-corrected chi connectivity index (χ2v) is 8.61. The summed E-state index contributed by atoms with van der Waals surface area (Å²) in [4.78, 5) is 14.3. The molecule has 2 aromatic rings. The van der Waals surface area contributed by atoms with E-state index < -0.39 is 26.3 Å². The first kappa shape index (κ1) is 19.4. The number of piperazine rings is 1. The van der Waals surface area contributed by atoms with E-state index in [-0.39, 0.29) is 10.6 Å². The average molecular weight is 414 g/mol. The molecule has 2 aromatic carbocycles. The van der Waals surface area contributed by atoms with Crippen molar-refractivity contribution in [3.63, 3.8) is 0 Å². The number of benzene rings is 2. The average Bonchev–Trinajstić information content (AvgIpc) is 2.60. The standard InChI is InChI=1S/C17H17ClFN3O4S/c1-27(25,26)16-4-2-3-15(17(16)22(23)24)21-9-7-20(8-10-21)14-6-5-12(19)11-13(14)18/h2-6,11H,7-10H2,1H3. The van der Waals surface area contributed by atoms with Gasteiger partial charge in [-0.2, -0.15) is 0 Å². The fourth-order valence-electron chi connectivity index (χ4n) is 3.17. The van der Waals surface area contributed by atoms with Crippen molar-refractivity contribution in [3.05, 3.63) is 57.4 Å². The maximum atomic E-state index is 13.2. The van der Waals surface area contributed by atoms with Crippen molar-refractivity contribution in [2.75, 3.05) is 42.2 Å². The van der Waals surface area contributed by atoms with Crippen LogP contribution in [0.1, 0.15) is 0 Å². The summed E-state index contributed by atoms with van der Waals surface area (Å²) in [6.45, 7) is 1.88. The van der Waals surface area contributed by atoms with Gasteiger partial charge in [0.25, 0.3) is 0 Å². The van der Waals surface area contributed by atoms with Crippen molar-refractivity contribution in [1.82, 2.24) is 0 Å². The van der Waals surface area contributed by atoms with Gasteiger partial charge >= 0.3 is 5.69 Å². The Morgan fingerprint density at radius 1 is 1.07 bits per heavy atom. The number of rotatable bonds is 4. The molecule has 0 aliphatic carbocycles. The molecule has 0 spiro atoms. The third kappa shape index (κ3) is 3.98. The Morgan fingerprint density at radius 3 is 2.19 bits per heavy atom. The molecule has 1 aliphatic rings. The van der Waals surface area contributed by atoms with E-state index >= 15 is 0 Å². The summed E-state index contributed by atoms with van der Waals surface area (Å²) in [6, 6.07) is 8.46. The van der Waals surface area contributed by atoms with Gasteiger partial charge in [0.05, 0.1) is 15.6 Å². The fourth-order valence-corrected chi connectivity index (χ4v) is 4.32. The van der Waals surface area contributed by atoms with Gasteiger partial charge in [-0.15, -0.1) is 0 Å². The lowest BCUT2D eigenvalue weighted by Gasteiger charge is -2.37. The molecule has 27 heavy (non-hydrogen) atoms. The molecule has 10 heteroatoms. The number of hydrogen-bond donors (Lipinski definition) is 0. The Balaban J connectivity index is 1.87. The van der Waals surface area contributed by atoms with Crippen LogP contribution in [0.2, 0.25) is 5.02 Å². The molecule has 0 N–H and O–H groups in total. The van der Waals surface area contributed by atoms with Crippen LogP contribution in [0, 0.1) is 15.9 Å². The molecule has 7 nitrogen and oxygen atoms in total. The van der Waals surface area contributed by atoms with E-state index in [4.69, 9.17) is 11.6 Å². The second-order valence-electron chi connectivity index (χ2n) is 6.22. The highest BCUT2D eigenvalue weighted by Crippen LogP contribution is 2.36. The van der Waals surface area contributed by atoms with Crippen LogP contribution in [0.25, 0.3) is 0 Å². The van der Waals surface area contributed by atoms with Crippen molar-refractivity contribution < 1.29 is 17.7 Å². The number of anilines is 2. The van der Waals surface area contributed by atoms with Crippen LogP contribution in [0.15, 0.2) is 41.3 Å². The normalized spacial score (nSPS) is 15.1. The smallest absolute Gasteiger partial charge is 0.311 e. The van der Waals surface area contributed by atoms with Crippen LogP contribution in [0.4, 0.5) is 21.5 Å². The van der Waals surface area contributed by atoms with E-state index in [0.717, 1.165) is 6.26 Å². The molecule has 0 saturated carbocycles. The van der Waals surface area contributed by atoms with E-state index in [9.17, 15) is 22.9 Å². The molecular formula is C17H17ClFN3O4S. The highest BCUT2D eigenvalue weighted by molar-refractivity contribution is 7.90. The monoisotopic (exact) mass is 413 g/mol. The number of sulfone groups is 1. The van der Waals surface area contributed by atoms with Crippen LogP contribution in [0.3, 0.4) is 0 Å². The van der Waals surface area contributed by atoms with Crippen molar-refractivity contribution in [3.8, 4) is 0 Å². The predicted octanol–water partition coefficient (Wildman–Crippen LogP) is 3.12. The van der Waals surface area contributed by atoms with Crippen LogP contribution >= 0.6 is 11.6 Å². The number of halogens is 2. The Bertz CT molecular complexity index is 992. The maximum absolute atomic E-state index is 13.2. The highest BCUT2D eigenvalue weighted by atomic mass is 35.5. The van der Waals surface area contributed by atoms with Gasteiger partial charge in [0, 0.05) is 32.4 Å². The summed E-state index contributed by atoms with van der Waals surface area (Å²) < 4.78 is 37.1. The largest absolute Gasteiger partial charge is 0.367 e. The summed E-state index contributed by atoms with van der Waals surface area (Å²) in [5.41, 5.74) is 0.554. The first-order valence-corrected chi connectivity index (χ1v) is 10.4. The van der Waals surface area contributed by atoms with Crippen molar-refractivity contribution in [2.45, 2.75) is 4.90 Å². The van der Waals surface area contributed by atoms with Crippen LogP contribution in [-0.4, -0.2) is 45.8 Å². The molecule has 144 valence electrons. The van der Waals surface area contributed by atoms with Gasteiger partial charge in [-0.05, 0) is 30.3 Å². The molecule has 0 radical (unpaired) electrons. The fraction of sp³-hybridized carbons (Fsp3) is 0.294. The number of nitrogens with zero attached hydrogens (tertiary/aromatic N) is 3. The van der Waals surface area contributed by atoms with Crippen molar-refractivity contribution in [1.29, 1.82) is 0 Å². The van der Waals surface area contributed by atoms with Gasteiger partial charge in [0.15, 0.2) is 9.84 Å². The third-order valence-electron chi connectivity index (χ3n) is 4.43. The molecule has 0 atom stereocenters. The van der Waals surface area contributed by atoms with Gasteiger partial charge in [0.2, 0.25) is 0 Å². The molecular weight excluding hydrogens is 397 g/mol. The van der Waals surface area contributed by atoms with Gasteiger partial charge < -0.3 is 9.80 Å². The zero-order valence-electron chi connectivity index (χ0n) is 14.4. The van der Waals surface area contributed by atoms with E-state index in [1.807, 2.05) is 4.90 Å². The molecule has 1 fully saturated rings. The summed E-state index contributed by atoms with van der Waals surface area (Å²) >= 11 is 6.10. The molecule has 0 aromatic heterocycles. The SMILES string of the molecule is CS(=O)(=O)c1cccc(N2CCN(c3ccc(F)cc3Cl)CC2)c1[N+](=O)[O-]. The topological polar surface area (TPSA) is 83.8 Å². The lowest BCUT2D eigenvalue weighted by Crippen LogP contribution is -2.46. The highest BCUT2D eigenvalue weighted by Gasteiger charge is 2.30. The summed E-state index contributed by atoms with van der Waals surface area (Å²) in [5, 5.41) is 11.8. The molecule has 3 rings (SSSR count). The third-order valence-corrected chi connectivity index (χ3v) is 5.86. The second kappa shape index (κ2) is 7.32. The lowest BCUT2D eigenvalue weighted by atomic mass is 10.2. The van der Waals surface area contributed by atoms with E-state index in [1.54, 1.807) is 17.0 Å². The van der Waals surface area contributed by atoms with E-state index in [0.29, 0.717) is 36.9 Å². The van der Waals surface area contributed by atoms with Gasteiger partial charge in [0.1, 0.15) is 16.4 Å². The van der Waals surface area contributed by atoms with Crippen LogP contribution < -0.4 is 9.80 Å². The molecule has 0 amide bonds. The molecule has 0 unspecified atom stereocenters. The maximum Gasteiger partial charge on any atom is 0.311 e. The van der Waals surface area contributed by atoms with E-state index in [1.165, 1.54) is 24.3 Å². The molecule has 1 saturated heterocycles. The lowest BCUT2D eigenvalue weighted by molar-refractivity contribution is -0.387. The number of nitro benzene ring substituents is 1. The molecule has 1 aliphatic heterocycles. The minimum atomic E-state index is -3.73. The quantitative estimate of drug-likeness (QED) is 0.565. The Labute approximate surface area is 161 Å². The Hall–Kier alpha value is -2.39. The van der Waals surface area contributed by atoms with Crippen molar-refractivity contribution >= 4 is 38.5 Å². The predicted molar refractivity (Wildman–Crippen MR) is 102 cm³/mol. The first-order valence-electron chi connectivity index (χ1n) is 8.11. The molecule has 0 bridgehead atoms. The summed E-state index contributed by atoms with van der Waals surface area (Å²) in [7, 11) is -3.73. The number of para-hydroxylation sites is 1. The van der Waals surface area contributed by atoms with Gasteiger partial charge in [-0.1, -0.05) is 17.7 Å². The summed E-state index contributed by atoms with van der Waals surface area (Å²) in [5.74, 6) is -0.421. The summed E-state index contributed by atoms with van der Waals surface area (Å²) in [6.07, 6.45) is 0.952. The zero-order chi connectivity index (χ0) is 19.8. The number of nitro groups is 1. The van der Waals surface area contributed by atoms with Crippen molar-refractivity contribution in [2.24, 2.45) is 0 Å². The zero-order valence-corrected chi connectivity index (χ0v) is 16.0. The Morgan fingerprint density at radius 2 is 1.67 bits per heavy atom. The number of hydrogen-bond acceptors (Lipinski definition) is 6. The van der Waals surface area contributed by atoms with E-state index in [2.05, 4.69) is 0 Å². The Kier molecular flexibility index (Phi) is 5.25. The first-order chi connectivity index (χ1) is 12.7. The minimum Gasteiger partial charge on any atom is -0.367 e. The van der Waals surface area contributed by atoms with Crippen LogP contribution in [0.5, 0.6) is 0 Å². The van der Waals surface area contributed by atoms with Gasteiger partial charge in [-0.25, -0.2) is 12.8 Å².